The summed E-state index contributed by atoms with van der Waals surface area (Å²) in [4.78, 5) is 16.6. The number of aromatic nitrogens is 1. The second-order valence-electron chi connectivity index (χ2n) is 6.59. The highest BCUT2D eigenvalue weighted by Crippen LogP contribution is 2.13. The molecule has 29 heavy (non-hydrogen) atoms. The number of anilines is 1. The third-order valence-electron chi connectivity index (χ3n) is 4.49. The van der Waals surface area contributed by atoms with E-state index < -0.39 is 0 Å². The molecule has 0 saturated carbocycles. The maximum atomic E-state index is 12.9. The first kappa shape index (κ1) is 20.3. The first-order chi connectivity index (χ1) is 14.1. The van der Waals surface area contributed by atoms with E-state index in [0.29, 0.717) is 24.5 Å². The van der Waals surface area contributed by atoms with Crippen LogP contribution < -0.4 is 15.4 Å². The summed E-state index contributed by atoms with van der Waals surface area (Å²) in [5, 5.41) is 6.10. The summed E-state index contributed by atoms with van der Waals surface area (Å²) in [5.74, 6) is 1.11. The molecule has 150 valence electrons. The molecule has 1 aromatic heterocycles. The van der Waals surface area contributed by atoms with E-state index in [0.717, 1.165) is 29.7 Å². The predicted molar refractivity (Wildman–Crippen MR) is 112 cm³/mol. The largest absolute Gasteiger partial charge is 0.497 e. The van der Waals surface area contributed by atoms with Gasteiger partial charge in [-0.3, -0.25) is 4.79 Å². The van der Waals surface area contributed by atoms with E-state index in [2.05, 4.69) is 15.6 Å². The first-order valence-electron chi connectivity index (χ1n) is 9.49. The maximum Gasteiger partial charge on any atom is 0.252 e. The molecule has 0 atom stereocenters. The normalized spacial score (nSPS) is 10.4. The standard InChI is InChI=1S/C23H24FN3O2/c1-29-21-4-2-3-18(15-21)12-14-26-23(28)19-7-10-22(27-16-19)25-13-11-17-5-8-20(24)9-6-17/h2-10,15-16H,11-14H2,1H3,(H,25,27)(H,26,28). The number of hydrogen-bond acceptors (Lipinski definition) is 4. The van der Waals surface area contributed by atoms with Gasteiger partial charge in [-0.25, -0.2) is 9.37 Å². The molecule has 0 aliphatic carbocycles. The molecule has 0 bridgehead atoms. The lowest BCUT2D eigenvalue weighted by Gasteiger charge is -2.08. The van der Waals surface area contributed by atoms with Gasteiger partial charge in [-0.1, -0.05) is 24.3 Å². The van der Waals surface area contributed by atoms with Crippen LogP contribution in [-0.2, 0) is 12.8 Å². The molecule has 0 radical (unpaired) electrons. The first-order valence-corrected chi connectivity index (χ1v) is 9.49. The minimum Gasteiger partial charge on any atom is -0.497 e. The van der Waals surface area contributed by atoms with E-state index in [1.54, 1.807) is 37.6 Å². The molecule has 5 nitrogen and oxygen atoms in total. The van der Waals surface area contributed by atoms with Crippen LogP contribution in [0.1, 0.15) is 21.5 Å². The van der Waals surface area contributed by atoms with E-state index in [9.17, 15) is 9.18 Å². The Hall–Kier alpha value is -3.41. The van der Waals surface area contributed by atoms with Gasteiger partial charge in [0.2, 0.25) is 0 Å². The van der Waals surface area contributed by atoms with Crippen molar-refractivity contribution in [3.63, 3.8) is 0 Å². The molecular weight excluding hydrogens is 369 g/mol. The molecule has 0 aliphatic rings. The summed E-state index contributed by atoms with van der Waals surface area (Å²) in [7, 11) is 1.63. The van der Waals surface area contributed by atoms with Crippen LogP contribution in [0.2, 0.25) is 0 Å². The van der Waals surface area contributed by atoms with Crippen LogP contribution in [0.3, 0.4) is 0 Å². The minimum absolute atomic E-state index is 0.154. The highest BCUT2D eigenvalue weighted by atomic mass is 19.1. The third-order valence-corrected chi connectivity index (χ3v) is 4.49. The summed E-state index contributed by atoms with van der Waals surface area (Å²) in [5.41, 5.74) is 2.66. The Morgan fingerprint density at radius 2 is 1.79 bits per heavy atom. The summed E-state index contributed by atoms with van der Waals surface area (Å²) >= 11 is 0. The van der Waals surface area contributed by atoms with Crippen LogP contribution in [0, 0.1) is 5.82 Å². The van der Waals surface area contributed by atoms with E-state index in [4.69, 9.17) is 4.74 Å². The Morgan fingerprint density at radius 3 is 2.52 bits per heavy atom. The van der Waals surface area contributed by atoms with E-state index >= 15 is 0 Å². The van der Waals surface area contributed by atoms with Gasteiger partial charge >= 0.3 is 0 Å². The monoisotopic (exact) mass is 393 g/mol. The number of carbonyl (C=O) groups excluding carboxylic acids is 1. The van der Waals surface area contributed by atoms with Crippen molar-refractivity contribution in [3.05, 3.63) is 89.4 Å². The fourth-order valence-corrected chi connectivity index (χ4v) is 2.87. The predicted octanol–water partition coefficient (Wildman–Crippen LogP) is 3.86. The number of methoxy groups -OCH3 is 1. The fraction of sp³-hybridized carbons (Fsp3) is 0.217. The van der Waals surface area contributed by atoms with Gasteiger partial charge in [0.25, 0.3) is 5.91 Å². The Bertz CT molecular complexity index is 928. The summed E-state index contributed by atoms with van der Waals surface area (Å²) in [6, 6.07) is 17.8. The van der Waals surface area contributed by atoms with Gasteiger partial charge in [-0.2, -0.15) is 0 Å². The highest BCUT2D eigenvalue weighted by molar-refractivity contribution is 5.94. The number of benzene rings is 2. The van der Waals surface area contributed by atoms with Gasteiger partial charge in [0.1, 0.15) is 17.4 Å². The number of carbonyl (C=O) groups is 1. The highest BCUT2D eigenvalue weighted by Gasteiger charge is 2.06. The summed E-state index contributed by atoms with van der Waals surface area (Å²) < 4.78 is 18.1. The van der Waals surface area contributed by atoms with Crippen molar-refractivity contribution in [3.8, 4) is 5.75 Å². The Morgan fingerprint density at radius 1 is 1.00 bits per heavy atom. The molecule has 3 rings (SSSR count). The van der Waals surface area contributed by atoms with Crippen LogP contribution >= 0.6 is 0 Å². The van der Waals surface area contributed by atoms with Crippen molar-refractivity contribution in [2.24, 2.45) is 0 Å². The molecule has 3 aromatic rings. The van der Waals surface area contributed by atoms with Crippen molar-refractivity contribution in [2.45, 2.75) is 12.8 Å². The van der Waals surface area contributed by atoms with Gasteiger partial charge in [0.05, 0.1) is 12.7 Å². The summed E-state index contributed by atoms with van der Waals surface area (Å²) in [6.45, 7) is 1.20. The Kier molecular flexibility index (Phi) is 7.16. The zero-order valence-corrected chi connectivity index (χ0v) is 16.3. The number of amides is 1. The quantitative estimate of drug-likeness (QED) is 0.580. The topological polar surface area (TPSA) is 63.2 Å². The van der Waals surface area contributed by atoms with Crippen LogP contribution in [0.5, 0.6) is 5.75 Å². The van der Waals surface area contributed by atoms with Crippen molar-refractivity contribution in [2.75, 3.05) is 25.5 Å². The van der Waals surface area contributed by atoms with E-state index in [1.165, 1.54) is 12.1 Å². The second-order valence-corrected chi connectivity index (χ2v) is 6.59. The second kappa shape index (κ2) is 10.2. The molecule has 0 spiro atoms. The average Bonchev–Trinajstić information content (AvgIpc) is 2.76. The van der Waals surface area contributed by atoms with Crippen LogP contribution in [0.15, 0.2) is 66.9 Å². The van der Waals surface area contributed by atoms with Gasteiger partial charge in [-0.05, 0) is 60.4 Å². The fourth-order valence-electron chi connectivity index (χ4n) is 2.87. The van der Waals surface area contributed by atoms with Crippen molar-refractivity contribution < 1.29 is 13.9 Å². The Labute approximate surface area is 169 Å². The maximum absolute atomic E-state index is 12.9. The average molecular weight is 393 g/mol. The number of hydrogen-bond donors (Lipinski definition) is 2. The molecule has 0 fully saturated rings. The van der Waals surface area contributed by atoms with Gasteiger partial charge in [0.15, 0.2) is 0 Å². The van der Waals surface area contributed by atoms with Gasteiger partial charge in [-0.15, -0.1) is 0 Å². The molecular formula is C23H24FN3O2. The number of nitrogens with zero attached hydrogens (tertiary/aromatic N) is 1. The van der Waals surface area contributed by atoms with E-state index in [-0.39, 0.29) is 11.7 Å². The van der Waals surface area contributed by atoms with Crippen molar-refractivity contribution in [1.82, 2.24) is 10.3 Å². The van der Waals surface area contributed by atoms with Gasteiger partial charge < -0.3 is 15.4 Å². The number of ether oxygens (including phenoxy) is 1. The summed E-state index contributed by atoms with van der Waals surface area (Å²) in [6.07, 6.45) is 3.04. The van der Waals surface area contributed by atoms with Crippen molar-refractivity contribution >= 4 is 11.7 Å². The lowest BCUT2D eigenvalue weighted by Crippen LogP contribution is -2.25. The third kappa shape index (κ3) is 6.31. The Balaban J connectivity index is 1.42. The molecule has 2 aromatic carbocycles. The molecule has 0 aliphatic heterocycles. The van der Waals surface area contributed by atoms with Gasteiger partial charge in [0, 0.05) is 19.3 Å². The molecule has 2 N–H and O–H groups in total. The number of halogens is 1. The molecule has 0 saturated heterocycles. The number of rotatable bonds is 9. The molecule has 0 unspecified atom stereocenters. The molecule has 1 amide bonds. The van der Waals surface area contributed by atoms with Crippen LogP contribution in [-0.4, -0.2) is 31.1 Å². The number of pyridine rings is 1. The van der Waals surface area contributed by atoms with E-state index in [1.807, 2.05) is 24.3 Å². The lowest BCUT2D eigenvalue weighted by molar-refractivity contribution is 0.0954. The SMILES string of the molecule is COc1cccc(CCNC(=O)c2ccc(NCCc3ccc(F)cc3)nc2)c1. The zero-order chi connectivity index (χ0) is 20.5. The zero-order valence-electron chi connectivity index (χ0n) is 16.3. The lowest BCUT2D eigenvalue weighted by atomic mass is 10.1. The van der Waals surface area contributed by atoms with Crippen LogP contribution in [0.25, 0.3) is 0 Å². The minimum atomic E-state index is -0.235. The van der Waals surface area contributed by atoms with Crippen LogP contribution in [0.4, 0.5) is 10.2 Å². The number of nitrogens with one attached hydrogen (secondary N) is 2. The molecule has 1 heterocycles. The molecule has 6 heteroatoms. The van der Waals surface area contributed by atoms with Crippen molar-refractivity contribution in [1.29, 1.82) is 0 Å². The smallest absolute Gasteiger partial charge is 0.252 e.